The lowest BCUT2D eigenvalue weighted by Gasteiger charge is -2.38. The number of benzene rings is 2. The molecular formula is C25H26N2O4. The van der Waals surface area contributed by atoms with E-state index < -0.39 is 0 Å². The van der Waals surface area contributed by atoms with E-state index in [-0.39, 0.29) is 29.9 Å². The van der Waals surface area contributed by atoms with Gasteiger partial charge in [-0.1, -0.05) is 18.2 Å². The summed E-state index contributed by atoms with van der Waals surface area (Å²) in [6, 6.07) is 14.8. The number of anilines is 2. The Hall–Kier alpha value is -3.41. The van der Waals surface area contributed by atoms with Gasteiger partial charge in [-0.2, -0.15) is 0 Å². The summed E-state index contributed by atoms with van der Waals surface area (Å²) in [6.45, 7) is 3.89. The molecule has 2 amide bonds. The normalized spacial score (nSPS) is 18.6. The number of carbonyl (C=O) groups is 3. The number of ketones is 1. The van der Waals surface area contributed by atoms with Gasteiger partial charge in [0.15, 0.2) is 5.78 Å². The maximum absolute atomic E-state index is 13.3. The van der Waals surface area contributed by atoms with Crippen molar-refractivity contribution in [2.24, 2.45) is 0 Å². The zero-order valence-electron chi connectivity index (χ0n) is 17.8. The van der Waals surface area contributed by atoms with Gasteiger partial charge in [-0.25, -0.2) is 0 Å². The van der Waals surface area contributed by atoms with E-state index in [4.69, 9.17) is 4.74 Å². The highest BCUT2D eigenvalue weighted by atomic mass is 16.5. The van der Waals surface area contributed by atoms with Crippen LogP contribution in [0.2, 0.25) is 0 Å². The van der Waals surface area contributed by atoms with Crippen molar-refractivity contribution in [3.8, 4) is 5.75 Å². The molecule has 160 valence electrons. The zero-order chi connectivity index (χ0) is 22.0. The van der Waals surface area contributed by atoms with Crippen molar-refractivity contribution in [2.75, 3.05) is 16.8 Å². The smallest absolute Gasteiger partial charge is 0.232 e. The van der Waals surface area contributed by atoms with Crippen LogP contribution in [-0.4, -0.2) is 24.2 Å². The number of ether oxygens (including phenoxy) is 1. The van der Waals surface area contributed by atoms with Crippen LogP contribution in [0, 0.1) is 0 Å². The highest BCUT2D eigenvalue weighted by Crippen LogP contribution is 2.45. The first-order valence-electron chi connectivity index (χ1n) is 10.7. The van der Waals surface area contributed by atoms with Gasteiger partial charge in [-0.15, -0.1) is 0 Å². The van der Waals surface area contributed by atoms with Gasteiger partial charge in [0.25, 0.3) is 0 Å². The number of Topliss-reactive ketones (excluding diaryl/α,β-unsaturated/α-hetero) is 1. The number of para-hydroxylation sites is 1. The number of allylic oxidation sites excluding steroid dienone is 2. The summed E-state index contributed by atoms with van der Waals surface area (Å²) in [5.41, 5.74) is 3.78. The highest BCUT2D eigenvalue weighted by Gasteiger charge is 2.40. The molecule has 0 radical (unpaired) electrons. The topological polar surface area (TPSA) is 75.7 Å². The fourth-order valence-corrected chi connectivity index (χ4v) is 4.51. The fourth-order valence-electron chi connectivity index (χ4n) is 4.51. The first kappa shape index (κ1) is 20.8. The number of amides is 2. The van der Waals surface area contributed by atoms with E-state index in [2.05, 4.69) is 5.32 Å². The van der Waals surface area contributed by atoms with E-state index >= 15 is 0 Å². The van der Waals surface area contributed by atoms with Gasteiger partial charge in [-0.05, 0) is 50.1 Å². The van der Waals surface area contributed by atoms with E-state index in [0.717, 1.165) is 29.0 Å². The van der Waals surface area contributed by atoms with Gasteiger partial charge in [0.1, 0.15) is 5.75 Å². The minimum Gasteiger partial charge on any atom is -0.494 e. The first-order chi connectivity index (χ1) is 15.0. The predicted molar refractivity (Wildman–Crippen MR) is 119 cm³/mol. The molecule has 2 aromatic carbocycles. The van der Waals surface area contributed by atoms with Crippen LogP contribution in [0.3, 0.4) is 0 Å². The molecule has 0 aromatic heterocycles. The maximum atomic E-state index is 13.3. The van der Waals surface area contributed by atoms with Crippen LogP contribution in [0.4, 0.5) is 11.4 Å². The lowest BCUT2D eigenvalue weighted by atomic mass is 9.77. The van der Waals surface area contributed by atoms with Gasteiger partial charge in [0, 0.05) is 53.9 Å². The summed E-state index contributed by atoms with van der Waals surface area (Å²) < 4.78 is 5.80. The lowest BCUT2D eigenvalue weighted by molar-refractivity contribution is -0.120. The fraction of sp³-hybridized carbons (Fsp3) is 0.320. The van der Waals surface area contributed by atoms with Crippen molar-refractivity contribution < 1.29 is 19.1 Å². The number of nitrogens with zero attached hydrogens (tertiary/aromatic N) is 1. The molecule has 1 N–H and O–H groups in total. The van der Waals surface area contributed by atoms with Crippen LogP contribution < -0.4 is 15.0 Å². The predicted octanol–water partition coefficient (Wildman–Crippen LogP) is 4.57. The number of carbonyl (C=O) groups excluding carboxylic acids is 3. The van der Waals surface area contributed by atoms with Crippen LogP contribution in [-0.2, 0) is 14.4 Å². The van der Waals surface area contributed by atoms with Gasteiger partial charge in [0.2, 0.25) is 11.8 Å². The summed E-state index contributed by atoms with van der Waals surface area (Å²) in [4.78, 5) is 39.4. The van der Waals surface area contributed by atoms with E-state index in [0.29, 0.717) is 30.8 Å². The molecule has 1 atom stereocenters. The molecule has 0 saturated heterocycles. The van der Waals surface area contributed by atoms with Crippen molar-refractivity contribution in [2.45, 2.75) is 45.4 Å². The molecule has 0 fully saturated rings. The number of hydrogen-bond donors (Lipinski definition) is 1. The minimum atomic E-state index is -0.298. The molecule has 1 heterocycles. The SMILES string of the molecule is CCOc1ccccc1C1CC(=O)N(c2ccc(NC(C)=O)cc2)C2=C1C(=O)CCC2. The van der Waals surface area contributed by atoms with Crippen molar-refractivity contribution in [3.05, 3.63) is 65.4 Å². The molecule has 31 heavy (non-hydrogen) atoms. The first-order valence-corrected chi connectivity index (χ1v) is 10.7. The summed E-state index contributed by atoms with van der Waals surface area (Å²) in [5.74, 6) is 0.330. The second kappa shape index (κ2) is 8.76. The average molecular weight is 418 g/mol. The Balaban J connectivity index is 1.78. The number of nitrogens with one attached hydrogen (secondary N) is 1. The monoisotopic (exact) mass is 418 g/mol. The third-order valence-corrected chi connectivity index (χ3v) is 5.72. The highest BCUT2D eigenvalue weighted by molar-refractivity contribution is 6.07. The largest absolute Gasteiger partial charge is 0.494 e. The molecule has 0 bridgehead atoms. The quantitative estimate of drug-likeness (QED) is 0.772. The van der Waals surface area contributed by atoms with Gasteiger partial charge >= 0.3 is 0 Å². The third-order valence-electron chi connectivity index (χ3n) is 5.72. The Morgan fingerprint density at radius 3 is 2.55 bits per heavy atom. The van der Waals surface area contributed by atoms with Gasteiger partial charge < -0.3 is 10.1 Å². The summed E-state index contributed by atoms with van der Waals surface area (Å²) in [7, 11) is 0. The summed E-state index contributed by atoms with van der Waals surface area (Å²) in [5, 5.41) is 2.73. The molecule has 6 heteroatoms. The van der Waals surface area contributed by atoms with Crippen molar-refractivity contribution in [3.63, 3.8) is 0 Å². The molecule has 2 aliphatic rings. The molecule has 2 aromatic rings. The maximum Gasteiger partial charge on any atom is 0.232 e. The standard InChI is InChI=1S/C25H26N2O4/c1-3-31-23-10-5-4-7-19(23)20-15-24(30)27(21-8-6-9-22(29)25(20)21)18-13-11-17(12-14-18)26-16(2)28/h4-5,7,10-14,20H,3,6,8-9,15H2,1-2H3,(H,26,28). The van der Waals surface area contributed by atoms with Gasteiger partial charge in [-0.3, -0.25) is 19.3 Å². The molecule has 0 saturated carbocycles. The van der Waals surface area contributed by atoms with Gasteiger partial charge in [0.05, 0.1) is 6.61 Å². The van der Waals surface area contributed by atoms with Crippen LogP contribution in [0.1, 0.15) is 51.0 Å². The second-order valence-corrected chi connectivity index (χ2v) is 7.82. The molecular weight excluding hydrogens is 392 g/mol. The van der Waals surface area contributed by atoms with E-state index in [1.165, 1.54) is 6.92 Å². The van der Waals surface area contributed by atoms with E-state index in [1.54, 1.807) is 29.2 Å². The van der Waals surface area contributed by atoms with Crippen LogP contribution in [0.25, 0.3) is 0 Å². The Labute approximate surface area is 181 Å². The van der Waals surface area contributed by atoms with Crippen LogP contribution in [0.15, 0.2) is 59.8 Å². The molecule has 6 nitrogen and oxygen atoms in total. The van der Waals surface area contributed by atoms with Crippen LogP contribution in [0.5, 0.6) is 5.75 Å². The van der Waals surface area contributed by atoms with Crippen LogP contribution >= 0.6 is 0 Å². The third kappa shape index (κ3) is 4.10. The summed E-state index contributed by atoms with van der Waals surface area (Å²) in [6.07, 6.45) is 2.11. The summed E-state index contributed by atoms with van der Waals surface area (Å²) >= 11 is 0. The zero-order valence-corrected chi connectivity index (χ0v) is 17.8. The molecule has 0 spiro atoms. The number of hydrogen-bond acceptors (Lipinski definition) is 4. The average Bonchev–Trinajstić information content (AvgIpc) is 2.74. The lowest BCUT2D eigenvalue weighted by Crippen LogP contribution is -2.40. The van der Waals surface area contributed by atoms with Crippen molar-refractivity contribution >= 4 is 29.0 Å². The Kier molecular flexibility index (Phi) is 5.89. The molecule has 1 aliphatic carbocycles. The Morgan fingerprint density at radius 2 is 1.84 bits per heavy atom. The number of rotatable bonds is 5. The van der Waals surface area contributed by atoms with Crippen molar-refractivity contribution in [1.82, 2.24) is 0 Å². The van der Waals surface area contributed by atoms with Crippen molar-refractivity contribution in [1.29, 1.82) is 0 Å². The minimum absolute atomic E-state index is 0.0444. The van der Waals surface area contributed by atoms with E-state index in [1.807, 2.05) is 31.2 Å². The molecule has 4 rings (SSSR count). The molecule has 1 aliphatic heterocycles. The van der Waals surface area contributed by atoms with E-state index in [9.17, 15) is 14.4 Å². The second-order valence-electron chi connectivity index (χ2n) is 7.82. The molecule has 1 unspecified atom stereocenters. The Morgan fingerprint density at radius 1 is 1.10 bits per heavy atom. The Bertz CT molecular complexity index is 1060.